The Morgan fingerprint density at radius 3 is 1.31 bits per heavy atom. The highest BCUT2D eigenvalue weighted by Gasteiger charge is 2.17. The molecule has 302 valence electrons. The first-order valence-electron chi connectivity index (χ1n) is 21.8. The van der Waals surface area contributed by atoms with E-state index in [2.05, 4.69) is 264 Å². The minimum Gasteiger partial charge on any atom is -0.311 e. The van der Waals surface area contributed by atoms with Gasteiger partial charge in [0.05, 0.1) is 17.1 Å². The molecule has 0 saturated heterocycles. The van der Waals surface area contributed by atoms with Crippen molar-refractivity contribution in [3.8, 4) is 72.7 Å². The predicted molar refractivity (Wildman–Crippen MR) is 268 cm³/mol. The van der Waals surface area contributed by atoms with Crippen molar-refractivity contribution in [2.24, 2.45) is 0 Å². The highest BCUT2D eigenvalue weighted by atomic mass is 15.3. The van der Waals surface area contributed by atoms with Crippen molar-refractivity contribution in [3.05, 3.63) is 261 Å². The van der Waals surface area contributed by atoms with E-state index in [9.17, 15) is 0 Å². The fraction of sp³-hybridized carbons (Fsp3) is 0. The molecule has 0 bridgehead atoms. The van der Waals surface area contributed by atoms with E-state index in [0.717, 1.165) is 56.4 Å². The van der Waals surface area contributed by atoms with Crippen LogP contribution in [-0.4, -0.2) is 9.78 Å². The van der Waals surface area contributed by atoms with Gasteiger partial charge in [0, 0.05) is 28.2 Å². The maximum Gasteiger partial charge on any atom is 0.0934 e. The Morgan fingerprint density at radius 2 is 0.719 bits per heavy atom. The number of nitrogens with zero attached hydrogens (tertiary/aromatic N) is 3. The Balaban J connectivity index is 0.922. The van der Waals surface area contributed by atoms with Gasteiger partial charge in [-0.25, -0.2) is 4.68 Å². The lowest BCUT2D eigenvalue weighted by Gasteiger charge is -2.25. The second-order valence-electron chi connectivity index (χ2n) is 16.0. The molecule has 11 rings (SSSR count). The van der Waals surface area contributed by atoms with E-state index in [0.29, 0.717) is 0 Å². The average Bonchev–Trinajstić information content (AvgIpc) is 3.83. The van der Waals surface area contributed by atoms with Gasteiger partial charge in [0.2, 0.25) is 0 Å². The molecule has 11 aromatic rings. The van der Waals surface area contributed by atoms with Gasteiger partial charge in [0.1, 0.15) is 0 Å². The number of benzene rings is 10. The second-order valence-corrected chi connectivity index (χ2v) is 16.0. The van der Waals surface area contributed by atoms with Crippen molar-refractivity contribution >= 4 is 27.8 Å². The lowest BCUT2D eigenvalue weighted by Crippen LogP contribution is -2.09. The summed E-state index contributed by atoms with van der Waals surface area (Å²) < 4.78 is 2.08. The van der Waals surface area contributed by atoms with Gasteiger partial charge in [-0.15, -0.1) is 0 Å². The van der Waals surface area contributed by atoms with Crippen molar-refractivity contribution in [3.63, 3.8) is 0 Å². The van der Waals surface area contributed by atoms with Crippen molar-refractivity contribution in [1.82, 2.24) is 9.78 Å². The molecule has 0 aliphatic rings. The van der Waals surface area contributed by atoms with Crippen molar-refractivity contribution in [1.29, 1.82) is 0 Å². The summed E-state index contributed by atoms with van der Waals surface area (Å²) in [6, 6.07) is 93.0. The van der Waals surface area contributed by atoms with Gasteiger partial charge >= 0.3 is 0 Å². The molecule has 0 N–H and O–H groups in total. The zero-order valence-corrected chi connectivity index (χ0v) is 35.2. The Labute approximate surface area is 374 Å². The molecule has 0 aliphatic heterocycles. The van der Waals surface area contributed by atoms with Crippen LogP contribution < -0.4 is 4.90 Å². The fourth-order valence-electron chi connectivity index (χ4n) is 8.85. The third-order valence-corrected chi connectivity index (χ3v) is 12.1. The maximum atomic E-state index is 5.22. The second kappa shape index (κ2) is 17.1. The van der Waals surface area contributed by atoms with E-state index in [1.165, 1.54) is 44.2 Å². The van der Waals surface area contributed by atoms with Gasteiger partial charge in [0.25, 0.3) is 0 Å². The van der Waals surface area contributed by atoms with Crippen LogP contribution in [0.4, 0.5) is 17.1 Å². The van der Waals surface area contributed by atoms with Crippen LogP contribution in [0.15, 0.2) is 261 Å². The molecule has 1 heterocycles. The first kappa shape index (κ1) is 38.4. The fourth-order valence-corrected chi connectivity index (χ4v) is 8.85. The zero-order valence-electron chi connectivity index (χ0n) is 35.2. The van der Waals surface area contributed by atoms with E-state index >= 15 is 0 Å². The predicted octanol–water partition coefficient (Wildman–Crippen LogP) is 16.5. The summed E-state index contributed by atoms with van der Waals surface area (Å²) >= 11 is 0. The smallest absolute Gasteiger partial charge is 0.0934 e. The largest absolute Gasteiger partial charge is 0.311 e. The molecular formula is C61H43N3. The van der Waals surface area contributed by atoms with Crippen molar-refractivity contribution < 1.29 is 0 Å². The van der Waals surface area contributed by atoms with Gasteiger partial charge in [-0.3, -0.25) is 0 Å². The number of para-hydroxylation sites is 2. The Hall–Kier alpha value is -8.53. The van der Waals surface area contributed by atoms with Crippen LogP contribution in [0.25, 0.3) is 83.5 Å². The van der Waals surface area contributed by atoms with Gasteiger partial charge in [-0.2, -0.15) is 5.10 Å². The number of fused-ring (bicyclic) bond motifs is 1. The molecular weight excluding hydrogens is 775 g/mol. The summed E-state index contributed by atoms with van der Waals surface area (Å²) in [6.07, 6.45) is 0. The van der Waals surface area contributed by atoms with E-state index < -0.39 is 0 Å². The number of aromatic nitrogens is 2. The lowest BCUT2D eigenvalue weighted by molar-refractivity contribution is 0.892. The molecule has 0 radical (unpaired) electrons. The van der Waals surface area contributed by atoms with E-state index in [4.69, 9.17) is 5.10 Å². The summed E-state index contributed by atoms with van der Waals surface area (Å²) in [6.45, 7) is 0. The number of rotatable bonds is 10. The topological polar surface area (TPSA) is 21.1 Å². The summed E-state index contributed by atoms with van der Waals surface area (Å²) in [5.74, 6) is 0. The third kappa shape index (κ3) is 7.57. The molecule has 10 aromatic carbocycles. The molecule has 0 atom stereocenters. The molecule has 0 aliphatic carbocycles. The normalized spacial score (nSPS) is 11.1. The quantitative estimate of drug-likeness (QED) is 0.137. The third-order valence-electron chi connectivity index (χ3n) is 12.1. The van der Waals surface area contributed by atoms with Crippen LogP contribution in [0.5, 0.6) is 0 Å². The van der Waals surface area contributed by atoms with E-state index in [-0.39, 0.29) is 0 Å². The van der Waals surface area contributed by atoms with Crippen LogP contribution in [0.1, 0.15) is 0 Å². The highest BCUT2D eigenvalue weighted by molar-refractivity contribution is 5.92. The van der Waals surface area contributed by atoms with Gasteiger partial charge in [0.15, 0.2) is 0 Å². The summed E-state index contributed by atoms with van der Waals surface area (Å²) in [5, 5.41) is 7.71. The number of hydrogen-bond donors (Lipinski definition) is 0. The van der Waals surface area contributed by atoms with Crippen LogP contribution in [0.2, 0.25) is 0 Å². The van der Waals surface area contributed by atoms with E-state index in [1.54, 1.807) is 0 Å². The Bertz CT molecular complexity index is 3300. The maximum absolute atomic E-state index is 5.22. The zero-order chi connectivity index (χ0) is 42.7. The molecule has 64 heavy (non-hydrogen) atoms. The van der Waals surface area contributed by atoms with Crippen LogP contribution in [-0.2, 0) is 0 Å². The van der Waals surface area contributed by atoms with Gasteiger partial charge in [-0.05, 0) is 116 Å². The molecule has 0 saturated carbocycles. The van der Waals surface area contributed by atoms with Crippen LogP contribution in [0.3, 0.4) is 0 Å². The first-order valence-corrected chi connectivity index (χ1v) is 21.8. The lowest BCUT2D eigenvalue weighted by atomic mass is 9.89. The SMILES string of the molecule is c1ccc(-c2cc(-c3ccc(-c4ccc5ccccc5c4)cc3)n(-c3ccc(-c4ccccc4-c4ccccc4-c4ccc(N(c5ccccc5)c5ccccc5)cc4)cc3)n2)cc1. The molecule has 3 nitrogen and oxygen atoms in total. The minimum atomic E-state index is 0.932. The van der Waals surface area contributed by atoms with Crippen molar-refractivity contribution in [2.75, 3.05) is 4.90 Å². The van der Waals surface area contributed by atoms with Crippen LogP contribution >= 0.6 is 0 Å². The molecule has 3 heteroatoms. The first-order chi connectivity index (χ1) is 31.7. The van der Waals surface area contributed by atoms with Gasteiger partial charge < -0.3 is 4.90 Å². The highest BCUT2D eigenvalue weighted by Crippen LogP contribution is 2.41. The number of anilines is 3. The molecule has 0 fully saturated rings. The molecule has 1 aromatic heterocycles. The Morgan fingerprint density at radius 1 is 0.281 bits per heavy atom. The summed E-state index contributed by atoms with van der Waals surface area (Å²) in [4.78, 5) is 2.30. The molecule has 0 spiro atoms. The van der Waals surface area contributed by atoms with Crippen molar-refractivity contribution in [2.45, 2.75) is 0 Å². The average molecular weight is 818 g/mol. The number of hydrogen-bond acceptors (Lipinski definition) is 2. The summed E-state index contributed by atoms with van der Waals surface area (Å²) in [5.41, 5.74) is 17.9. The van der Waals surface area contributed by atoms with Crippen LogP contribution in [0, 0.1) is 0 Å². The molecule has 0 amide bonds. The van der Waals surface area contributed by atoms with E-state index in [1.807, 2.05) is 6.07 Å². The minimum absolute atomic E-state index is 0.932. The monoisotopic (exact) mass is 817 g/mol. The Kier molecular flexibility index (Phi) is 10.3. The molecule has 0 unspecified atom stereocenters. The van der Waals surface area contributed by atoms with Gasteiger partial charge in [-0.1, -0.05) is 200 Å². The standard InChI is InChI=1S/C61H43N3/c1-4-17-48(18-5-1)60-43-61(49-31-28-45(29-32-49)51-33-30-44-16-10-11-19-50(44)42-51)64(62-60)55-40-36-47(37-41-55)57-25-13-15-27-59(57)58-26-14-12-24-56(58)46-34-38-54(39-35-46)63(52-20-6-2-7-21-52)53-22-8-3-9-23-53/h1-43H. The summed E-state index contributed by atoms with van der Waals surface area (Å²) in [7, 11) is 0.